The van der Waals surface area contributed by atoms with Crippen molar-refractivity contribution in [2.75, 3.05) is 4.72 Å². The van der Waals surface area contributed by atoms with Crippen LogP contribution in [0.1, 0.15) is 5.56 Å². The molecule has 0 fully saturated rings. The summed E-state index contributed by atoms with van der Waals surface area (Å²) in [5, 5.41) is 15.6. The first kappa shape index (κ1) is 12.2. The van der Waals surface area contributed by atoms with E-state index in [1.165, 1.54) is 12.4 Å². The van der Waals surface area contributed by atoms with Gasteiger partial charge in [0.2, 0.25) is 0 Å². The van der Waals surface area contributed by atoms with Gasteiger partial charge in [0.25, 0.3) is 10.0 Å². The normalized spacial score (nSPS) is 14.5. The van der Waals surface area contributed by atoms with Gasteiger partial charge < -0.3 is 9.68 Å². The highest BCUT2D eigenvalue weighted by molar-refractivity contribution is 7.92. The summed E-state index contributed by atoms with van der Waals surface area (Å²) in [4.78, 5) is 0.0461. The Morgan fingerprint density at radius 1 is 1.47 bits per heavy atom. The van der Waals surface area contributed by atoms with Crippen molar-refractivity contribution in [2.24, 2.45) is 0 Å². The highest BCUT2D eigenvalue weighted by Crippen LogP contribution is 2.17. The fourth-order valence-corrected chi connectivity index (χ4v) is 2.83. The number of H-pyrrole nitrogens is 1. The largest absolute Gasteiger partial charge is 0.491 e. The molecular weight excluding hydrogens is 269 g/mol. The first-order valence-electron chi connectivity index (χ1n) is 5.50. The monoisotopic (exact) mass is 279 g/mol. The van der Waals surface area contributed by atoms with E-state index in [4.69, 9.17) is 4.65 Å². The molecule has 0 spiro atoms. The second kappa shape index (κ2) is 4.37. The number of sulfonamides is 1. The van der Waals surface area contributed by atoms with Gasteiger partial charge in [-0.25, -0.2) is 8.42 Å². The molecule has 0 unspecified atom stereocenters. The zero-order valence-electron chi connectivity index (χ0n) is 9.70. The van der Waals surface area contributed by atoms with E-state index in [0.29, 0.717) is 17.8 Å². The van der Waals surface area contributed by atoms with Crippen LogP contribution in [0.3, 0.4) is 0 Å². The molecule has 9 heteroatoms. The number of anilines is 1. The molecule has 1 aliphatic rings. The SMILES string of the molecule is O=S(=O)(Nc1ccc2c(c1)B(O)OC2)c1cn[nH]c1. The Hall–Kier alpha value is -1.84. The Morgan fingerprint density at radius 2 is 2.32 bits per heavy atom. The van der Waals surface area contributed by atoms with Crippen LogP contribution in [0.15, 0.2) is 35.5 Å². The minimum absolute atomic E-state index is 0.0461. The summed E-state index contributed by atoms with van der Waals surface area (Å²) < 4.78 is 31.4. The minimum atomic E-state index is -3.67. The summed E-state index contributed by atoms with van der Waals surface area (Å²) in [5.74, 6) is 0. The average molecular weight is 279 g/mol. The molecule has 98 valence electrons. The van der Waals surface area contributed by atoms with Crippen molar-refractivity contribution >= 4 is 28.3 Å². The predicted octanol–water partition coefficient (Wildman–Crippen LogP) is -0.572. The van der Waals surface area contributed by atoms with Gasteiger partial charge in [0.15, 0.2) is 0 Å². The van der Waals surface area contributed by atoms with E-state index in [9.17, 15) is 13.4 Å². The highest BCUT2D eigenvalue weighted by Gasteiger charge is 2.27. The summed E-state index contributed by atoms with van der Waals surface area (Å²) in [6.07, 6.45) is 2.50. The number of aromatic nitrogens is 2. The van der Waals surface area contributed by atoms with Gasteiger partial charge in [-0.2, -0.15) is 5.10 Å². The first-order valence-corrected chi connectivity index (χ1v) is 6.99. The first-order chi connectivity index (χ1) is 9.06. The highest BCUT2D eigenvalue weighted by atomic mass is 32.2. The van der Waals surface area contributed by atoms with Gasteiger partial charge in [0.05, 0.1) is 12.8 Å². The van der Waals surface area contributed by atoms with Gasteiger partial charge in [-0.1, -0.05) is 6.07 Å². The van der Waals surface area contributed by atoms with Crippen molar-refractivity contribution in [1.82, 2.24) is 10.2 Å². The van der Waals surface area contributed by atoms with Crippen molar-refractivity contribution in [1.29, 1.82) is 0 Å². The zero-order chi connectivity index (χ0) is 13.5. The smallest absolute Gasteiger partial charge is 0.423 e. The maximum absolute atomic E-state index is 12.0. The van der Waals surface area contributed by atoms with Gasteiger partial charge in [0, 0.05) is 11.9 Å². The quantitative estimate of drug-likeness (QED) is 0.652. The lowest BCUT2D eigenvalue weighted by Gasteiger charge is -2.07. The van der Waals surface area contributed by atoms with Crippen molar-refractivity contribution in [3.05, 3.63) is 36.2 Å². The van der Waals surface area contributed by atoms with Crippen molar-refractivity contribution in [3.8, 4) is 0 Å². The molecule has 0 amide bonds. The van der Waals surface area contributed by atoms with Gasteiger partial charge in [-0.15, -0.1) is 0 Å². The number of aromatic amines is 1. The predicted molar refractivity (Wildman–Crippen MR) is 68.2 cm³/mol. The van der Waals surface area contributed by atoms with Crippen molar-refractivity contribution in [3.63, 3.8) is 0 Å². The van der Waals surface area contributed by atoms with Crippen LogP contribution in [0.2, 0.25) is 0 Å². The molecule has 0 bridgehead atoms. The standard InChI is InChI=1S/C10H10BN3O4S/c15-11-10-3-8(2-1-7(10)6-18-11)14-19(16,17)9-4-12-13-5-9/h1-5,14-15H,6H2,(H,12,13). The third-order valence-corrected chi connectivity index (χ3v) is 4.19. The topological polar surface area (TPSA) is 104 Å². The van der Waals surface area contributed by atoms with Crippen LogP contribution in [0.25, 0.3) is 0 Å². The fraction of sp³-hybridized carbons (Fsp3) is 0.100. The van der Waals surface area contributed by atoms with E-state index < -0.39 is 17.1 Å². The van der Waals surface area contributed by atoms with Gasteiger partial charge in [0.1, 0.15) is 4.90 Å². The van der Waals surface area contributed by atoms with Crippen molar-refractivity contribution in [2.45, 2.75) is 11.5 Å². The molecule has 19 heavy (non-hydrogen) atoms. The van der Waals surface area contributed by atoms with Gasteiger partial charge in [-0.05, 0) is 23.2 Å². The molecule has 0 saturated carbocycles. The minimum Gasteiger partial charge on any atom is -0.423 e. The third-order valence-electron chi connectivity index (χ3n) is 2.84. The Morgan fingerprint density at radius 3 is 3.05 bits per heavy atom. The summed E-state index contributed by atoms with van der Waals surface area (Å²) >= 11 is 0. The van der Waals surface area contributed by atoms with Crippen LogP contribution in [-0.2, 0) is 21.3 Å². The molecule has 1 aliphatic heterocycles. The Balaban J connectivity index is 1.91. The Bertz CT molecular complexity index is 702. The number of nitrogens with one attached hydrogen (secondary N) is 2. The van der Waals surface area contributed by atoms with Gasteiger partial charge >= 0.3 is 7.12 Å². The second-order valence-electron chi connectivity index (χ2n) is 4.12. The van der Waals surface area contributed by atoms with Crippen LogP contribution in [-0.4, -0.2) is 30.8 Å². The summed E-state index contributed by atoms with van der Waals surface area (Å²) in [6, 6.07) is 4.90. The maximum Gasteiger partial charge on any atom is 0.491 e. The lowest BCUT2D eigenvalue weighted by molar-refractivity contribution is 0.275. The number of rotatable bonds is 3. The van der Waals surface area contributed by atoms with Crippen LogP contribution >= 0.6 is 0 Å². The van der Waals surface area contributed by atoms with E-state index in [0.717, 1.165) is 5.56 Å². The van der Waals surface area contributed by atoms with E-state index in [1.54, 1.807) is 18.2 Å². The lowest BCUT2D eigenvalue weighted by atomic mass is 9.79. The lowest BCUT2D eigenvalue weighted by Crippen LogP contribution is -2.28. The van der Waals surface area contributed by atoms with E-state index in [1.807, 2.05) is 0 Å². The third kappa shape index (κ3) is 2.23. The number of hydrogen-bond donors (Lipinski definition) is 3. The number of hydrogen-bond acceptors (Lipinski definition) is 5. The van der Waals surface area contributed by atoms with E-state index >= 15 is 0 Å². The van der Waals surface area contributed by atoms with E-state index in [2.05, 4.69) is 14.9 Å². The molecular formula is C10H10BN3O4S. The number of benzene rings is 1. The Kier molecular flexibility index (Phi) is 2.81. The molecule has 0 saturated heterocycles. The maximum atomic E-state index is 12.0. The Labute approximate surface area is 109 Å². The molecule has 0 radical (unpaired) electrons. The molecule has 3 N–H and O–H groups in total. The molecule has 0 aliphatic carbocycles. The molecule has 3 rings (SSSR count). The summed E-state index contributed by atoms with van der Waals surface area (Å²) in [6.45, 7) is 0.325. The van der Waals surface area contributed by atoms with Crippen LogP contribution in [0.5, 0.6) is 0 Å². The number of fused-ring (bicyclic) bond motifs is 1. The summed E-state index contributed by atoms with van der Waals surface area (Å²) in [7, 11) is -4.68. The molecule has 1 aromatic heterocycles. The van der Waals surface area contributed by atoms with Crippen LogP contribution < -0.4 is 10.2 Å². The molecule has 0 atom stereocenters. The zero-order valence-corrected chi connectivity index (χ0v) is 10.5. The second-order valence-corrected chi connectivity index (χ2v) is 5.80. The summed E-state index contributed by atoms with van der Waals surface area (Å²) in [5.41, 5.74) is 1.79. The fourth-order valence-electron chi connectivity index (χ4n) is 1.88. The van der Waals surface area contributed by atoms with Gasteiger partial charge in [-0.3, -0.25) is 9.82 Å². The van der Waals surface area contributed by atoms with Crippen LogP contribution in [0.4, 0.5) is 5.69 Å². The number of nitrogens with zero attached hydrogens (tertiary/aromatic N) is 1. The average Bonchev–Trinajstić information content (AvgIpc) is 3.00. The molecule has 1 aromatic carbocycles. The van der Waals surface area contributed by atoms with Crippen LogP contribution in [0, 0.1) is 0 Å². The van der Waals surface area contributed by atoms with Crippen molar-refractivity contribution < 1.29 is 18.1 Å². The van der Waals surface area contributed by atoms with E-state index in [-0.39, 0.29) is 4.90 Å². The molecule has 2 aromatic rings. The molecule has 2 heterocycles. The molecule has 7 nitrogen and oxygen atoms in total.